The average Bonchev–Trinajstić information content (AvgIpc) is 2.65. The van der Waals surface area contributed by atoms with Crippen LogP contribution in [0.4, 0.5) is 19.7 Å². The monoisotopic (exact) mass is 405 g/mol. The number of carbonyl (C=O) groups is 2. The van der Waals surface area contributed by atoms with E-state index < -0.39 is 23.5 Å². The molecular formula is C21H28FN3O4. The molecule has 2 rings (SSSR count). The zero-order chi connectivity index (χ0) is 21.6. The fourth-order valence-corrected chi connectivity index (χ4v) is 2.98. The van der Waals surface area contributed by atoms with Gasteiger partial charge in [-0.2, -0.15) is 0 Å². The number of benzene rings is 1. The molecule has 1 saturated heterocycles. The summed E-state index contributed by atoms with van der Waals surface area (Å²) in [6.45, 7) is 6.29. The minimum absolute atomic E-state index is 0.000967. The molecule has 1 atom stereocenters. The Bertz CT molecular complexity index is 785. The van der Waals surface area contributed by atoms with Crippen molar-refractivity contribution >= 4 is 17.8 Å². The van der Waals surface area contributed by atoms with E-state index in [1.165, 1.54) is 23.1 Å². The summed E-state index contributed by atoms with van der Waals surface area (Å²) in [6, 6.07) is 3.25. The molecule has 0 aliphatic carbocycles. The van der Waals surface area contributed by atoms with Crippen LogP contribution in [0.2, 0.25) is 0 Å². The summed E-state index contributed by atoms with van der Waals surface area (Å²) in [4.78, 5) is 28.2. The number of piperidine rings is 1. The minimum Gasteiger partial charge on any atom is -0.479 e. The van der Waals surface area contributed by atoms with Gasteiger partial charge in [0, 0.05) is 26.2 Å². The largest absolute Gasteiger partial charge is 0.479 e. The molecule has 1 aromatic carbocycles. The number of likely N-dealkylation sites (tertiary alicyclic amines) is 1. The molecule has 1 fully saturated rings. The maximum atomic E-state index is 13.6. The topological polar surface area (TPSA) is 71.1 Å². The third-order valence-corrected chi connectivity index (χ3v) is 4.41. The second kappa shape index (κ2) is 9.50. The Labute approximate surface area is 171 Å². The van der Waals surface area contributed by atoms with Gasteiger partial charge in [0.15, 0.2) is 0 Å². The first-order valence-corrected chi connectivity index (χ1v) is 9.48. The number of urea groups is 1. The fraction of sp³-hybridized carbons (Fsp3) is 0.524. The highest BCUT2D eigenvalue weighted by molar-refractivity contribution is 5.91. The van der Waals surface area contributed by atoms with Gasteiger partial charge < -0.3 is 24.6 Å². The number of hydrogen-bond donors (Lipinski definition) is 1. The lowest BCUT2D eigenvalue weighted by Crippen LogP contribution is -2.52. The SMILES string of the molecule is C#CCOc1ccc(F)cc1NC(=O)N1CCC[C@@H](N(C)C(=O)OC(C)(C)C)C1. The predicted molar refractivity (Wildman–Crippen MR) is 108 cm³/mol. The first-order chi connectivity index (χ1) is 13.6. The van der Waals surface area contributed by atoms with E-state index in [0.717, 1.165) is 12.8 Å². The van der Waals surface area contributed by atoms with Crippen LogP contribution in [-0.2, 0) is 4.74 Å². The van der Waals surface area contributed by atoms with E-state index in [9.17, 15) is 14.0 Å². The summed E-state index contributed by atoms with van der Waals surface area (Å²) in [6.07, 6.45) is 6.25. The summed E-state index contributed by atoms with van der Waals surface area (Å²) >= 11 is 0. The average molecular weight is 405 g/mol. The zero-order valence-electron chi connectivity index (χ0n) is 17.3. The van der Waals surface area contributed by atoms with Crippen LogP contribution in [0.5, 0.6) is 5.75 Å². The Morgan fingerprint density at radius 2 is 2.14 bits per heavy atom. The molecule has 158 valence electrons. The highest BCUT2D eigenvalue weighted by atomic mass is 19.1. The van der Waals surface area contributed by atoms with E-state index in [-0.39, 0.29) is 24.1 Å². The van der Waals surface area contributed by atoms with Crippen LogP contribution in [0.1, 0.15) is 33.6 Å². The van der Waals surface area contributed by atoms with Gasteiger partial charge >= 0.3 is 12.1 Å². The van der Waals surface area contributed by atoms with Gasteiger partial charge in [-0.1, -0.05) is 5.92 Å². The number of hydrogen-bond acceptors (Lipinski definition) is 4. The van der Waals surface area contributed by atoms with Gasteiger partial charge in [-0.25, -0.2) is 14.0 Å². The number of nitrogens with one attached hydrogen (secondary N) is 1. The van der Waals surface area contributed by atoms with Crippen LogP contribution < -0.4 is 10.1 Å². The molecule has 7 nitrogen and oxygen atoms in total. The van der Waals surface area contributed by atoms with Gasteiger partial charge in [-0.05, 0) is 45.7 Å². The molecule has 0 bridgehead atoms. The molecule has 0 saturated carbocycles. The van der Waals surface area contributed by atoms with Gasteiger partial charge in [0.05, 0.1) is 11.7 Å². The summed E-state index contributed by atoms with van der Waals surface area (Å²) in [5.41, 5.74) is -0.392. The highest BCUT2D eigenvalue weighted by Crippen LogP contribution is 2.26. The number of nitrogens with zero attached hydrogens (tertiary/aromatic N) is 2. The third kappa shape index (κ3) is 6.56. The molecule has 29 heavy (non-hydrogen) atoms. The number of amides is 3. The Hall–Kier alpha value is -2.95. The predicted octanol–water partition coefficient (Wildman–Crippen LogP) is 3.70. The number of anilines is 1. The number of likely N-dealkylation sites (N-methyl/N-ethyl adjacent to an activating group) is 1. The molecule has 3 amide bonds. The van der Waals surface area contributed by atoms with Gasteiger partial charge in [0.1, 0.15) is 23.8 Å². The van der Waals surface area contributed by atoms with E-state index in [4.69, 9.17) is 15.9 Å². The zero-order valence-corrected chi connectivity index (χ0v) is 17.3. The van der Waals surface area contributed by atoms with Crippen molar-refractivity contribution in [2.75, 3.05) is 32.1 Å². The summed E-state index contributed by atoms with van der Waals surface area (Å²) in [5.74, 6) is 2.12. The van der Waals surface area contributed by atoms with Crippen molar-refractivity contribution < 1.29 is 23.5 Å². The summed E-state index contributed by atoms with van der Waals surface area (Å²) in [7, 11) is 1.67. The second-order valence-electron chi connectivity index (χ2n) is 7.90. The van der Waals surface area contributed by atoms with Crippen molar-refractivity contribution in [1.29, 1.82) is 0 Å². The maximum absolute atomic E-state index is 13.6. The van der Waals surface area contributed by atoms with Crippen LogP contribution >= 0.6 is 0 Å². The smallest absolute Gasteiger partial charge is 0.410 e. The number of terminal acetylenes is 1. The van der Waals surface area contributed by atoms with Crippen molar-refractivity contribution in [2.45, 2.75) is 45.3 Å². The highest BCUT2D eigenvalue weighted by Gasteiger charge is 2.31. The molecular weight excluding hydrogens is 377 g/mol. The van der Waals surface area contributed by atoms with Gasteiger partial charge in [0.25, 0.3) is 0 Å². The Balaban J connectivity index is 2.04. The minimum atomic E-state index is -0.594. The second-order valence-corrected chi connectivity index (χ2v) is 7.90. The van der Waals surface area contributed by atoms with E-state index in [1.54, 1.807) is 32.7 Å². The van der Waals surface area contributed by atoms with Crippen molar-refractivity contribution in [2.24, 2.45) is 0 Å². The maximum Gasteiger partial charge on any atom is 0.410 e. The molecule has 0 radical (unpaired) electrons. The molecule has 1 N–H and O–H groups in total. The Morgan fingerprint density at radius 1 is 1.41 bits per heavy atom. The standard InChI is InChI=1S/C21H28FN3O4/c1-6-12-28-18-10-9-15(22)13-17(18)23-19(26)25-11-7-8-16(14-25)24(5)20(27)29-21(2,3)4/h1,9-10,13,16H,7-8,11-12,14H2,2-5H3,(H,23,26)/t16-/m1/s1. The van der Waals surface area contributed by atoms with Gasteiger partial charge in [0.2, 0.25) is 0 Å². The van der Waals surface area contributed by atoms with E-state index >= 15 is 0 Å². The van der Waals surface area contributed by atoms with Gasteiger partial charge in [-0.15, -0.1) is 6.42 Å². The number of rotatable bonds is 4. The van der Waals surface area contributed by atoms with Crippen molar-refractivity contribution in [3.8, 4) is 18.1 Å². The van der Waals surface area contributed by atoms with Crippen LogP contribution in [0.15, 0.2) is 18.2 Å². The molecule has 1 aliphatic heterocycles. The molecule has 1 aliphatic rings. The van der Waals surface area contributed by atoms with Crippen molar-refractivity contribution in [3.05, 3.63) is 24.0 Å². The number of carbonyl (C=O) groups excluding carboxylic acids is 2. The van der Waals surface area contributed by atoms with Crippen molar-refractivity contribution in [1.82, 2.24) is 9.80 Å². The van der Waals surface area contributed by atoms with Crippen LogP contribution in [0.25, 0.3) is 0 Å². The molecule has 0 unspecified atom stereocenters. The summed E-state index contributed by atoms with van der Waals surface area (Å²) < 4.78 is 24.4. The lowest BCUT2D eigenvalue weighted by molar-refractivity contribution is 0.0158. The number of ether oxygens (including phenoxy) is 2. The lowest BCUT2D eigenvalue weighted by Gasteiger charge is -2.38. The third-order valence-electron chi connectivity index (χ3n) is 4.41. The van der Waals surface area contributed by atoms with Crippen molar-refractivity contribution in [3.63, 3.8) is 0 Å². The molecule has 0 aromatic heterocycles. The Morgan fingerprint density at radius 3 is 2.79 bits per heavy atom. The quantitative estimate of drug-likeness (QED) is 0.776. The van der Waals surface area contributed by atoms with Crippen LogP contribution in [0, 0.1) is 18.2 Å². The number of halogens is 1. The van der Waals surface area contributed by atoms with Crippen LogP contribution in [0.3, 0.4) is 0 Å². The first-order valence-electron chi connectivity index (χ1n) is 9.48. The fourth-order valence-electron chi connectivity index (χ4n) is 2.98. The van der Waals surface area contributed by atoms with E-state index in [2.05, 4.69) is 11.2 Å². The van der Waals surface area contributed by atoms with E-state index in [1.807, 2.05) is 0 Å². The molecule has 1 aromatic rings. The summed E-state index contributed by atoms with van der Waals surface area (Å²) in [5, 5.41) is 2.68. The van der Waals surface area contributed by atoms with E-state index in [0.29, 0.717) is 13.1 Å². The molecule has 0 spiro atoms. The van der Waals surface area contributed by atoms with Crippen LogP contribution in [-0.4, -0.2) is 60.3 Å². The lowest BCUT2D eigenvalue weighted by atomic mass is 10.1. The Kier molecular flexibility index (Phi) is 7.32. The normalized spacial score (nSPS) is 16.6. The molecule has 8 heteroatoms. The first kappa shape index (κ1) is 22.3. The van der Waals surface area contributed by atoms with Gasteiger partial charge in [-0.3, -0.25) is 0 Å². The molecule has 1 heterocycles.